The molecule has 0 amide bonds. The van der Waals surface area contributed by atoms with Gasteiger partial charge in [-0.2, -0.15) is 0 Å². The van der Waals surface area contributed by atoms with E-state index in [-0.39, 0.29) is 5.69 Å². The number of rotatable bonds is 4. The van der Waals surface area contributed by atoms with Crippen molar-refractivity contribution in [3.63, 3.8) is 0 Å². The molecule has 0 bridgehead atoms. The number of ether oxygens (including phenoxy) is 2. The molecule has 6 heteroatoms. The molecule has 0 aliphatic heterocycles. The van der Waals surface area contributed by atoms with Crippen LogP contribution < -0.4 is 10.5 Å². The van der Waals surface area contributed by atoms with Gasteiger partial charge in [0.2, 0.25) is 0 Å². The maximum atomic E-state index is 11.5. The Kier molecular flexibility index (Phi) is 4.01. The molecule has 0 saturated carbocycles. The number of hydrogen-bond donors (Lipinski definition) is 1. The molecule has 2 rings (SSSR count). The van der Waals surface area contributed by atoms with E-state index in [2.05, 4.69) is 9.72 Å². The average Bonchev–Trinajstić information content (AvgIpc) is 2.81. The molecule has 1 heterocycles. The second kappa shape index (κ2) is 5.71. The second-order valence-electron chi connectivity index (χ2n) is 3.65. The van der Waals surface area contributed by atoms with Crippen molar-refractivity contribution in [1.82, 2.24) is 4.98 Å². The highest BCUT2D eigenvalue weighted by Gasteiger charge is 2.19. The van der Waals surface area contributed by atoms with Crippen LogP contribution >= 0.6 is 11.3 Å². The first-order valence-electron chi connectivity index (χ1n) is 5.74. The van der Waals surface area contributed by atoms with Crippen LogP contribution in [0.25, 0.3) is 10.6 Å². The molecule has 19 heavy (non-hydrogen) atoms. The zero-order valence-electron chi connectivity index (χ0n) is 10.7. The van der Waals surface area contributed by atoms with Gasteiger partial charge in [-0.3, -0.25) is 0 Å². The number of nitrogens with zero attached hydrogens (tertiary/aromatic N) is 1. The van der Waals surface area contributed by atoms with Crippen molar-refractivity contribution >= 4 is 22.3 Å². The molecule has 0 aliphatic carbocycles. The van der Waals surface area contributed by atoms with E-state index >= 15 is 0 Å². The van der Waals surface area contributed by atoms with E-state index in [4.69, 9.17) is 10.5 Å². The fourth-order valence-electron chi connectivity index (χ4n) is 1.61. The summed E-state index contributed by atoms with van der Waals surface area (Å²) in [5.41, 5.74) is 6.76. The van der Waals surface area contributed by atoms with E-state index in [1.54, 1.807) is 0 Å². The summed E-state index contributed by atoms with van der Waals surface area (Å²) in [6.07, 6.45) is 0. The molecule has 0 radical (unpaired) electrons. The lowest BCUT2D eigenvalue weighted by Crippen LogP contribution is -2.04. The minimum Gasteiger partial charge on any atom is -0.493 e. The Morgan fingerprint density at radius 1 is 1.42 bits per heavy atom. The van der Waals surface area contributed by atoms with Crippen LogP contribution in [0.1, 0.15) is 17.4 Å². The molecule has 0 aliphatic rings. The molecule has 0 saturated heterocycles. The highest BCUT2D eigenvalue weighted by Crippen LogP contribution is 2.35. The minimum absolute atomic E-state index is 0.147. The van der Waals surface area contributed by atoms with Crippen LogP contribution in [0.3, 0.4) is 0 Å². The van der Waals surface area contributed by atoms with E-state index in [0.29, 0.717) is 16.6 Å². The molecule has 100 valence electrons. The van der Waals surface area contributed by atoms with Crippen LogP contribution in [-0.4, -0.2) is 24.7 Å². The number of esters is 1. The van der Waals surface area contributed by atoms with Crippen LogP contribution in [0.15, 0.2) is 24.3 Å². The number of carbonyl (C=O) groups is 1. The summed E-state index contributed by atoms with van der Waals surface area (Å²) < 4.78 is 10.2. The molecule has 2 aromatic rings. The number of carbonyl (C=O) groups excluding carboxylic acids is 1. The first kappa shape index (κ1) is 13.4. The van der Waals surface area contributed by atoms with Gasteiger partial charge >= 0.3 is 5.97 Å². The van der Waals surface area contributed by atoms with Crippen molar-refractivity contribution in [2.75, 3.05) is 19.5 Å². The molecule has 0 unspecified atom stereocenters. The van der Waals surface area contributed by atoms with Crippen molar-refractivity contribution in [2.24, 2.45) is 0 Å². The first-order chi connectivity index (χ1) is 9.17. The van der Waals surface area contributed by atoms with Gasteiger partial charge in [0.25, 0.3) is 0 Å². The van der Waals surface area contributed by atoms with Crippen molar-refractivity contribution < 1.29 is 14.3 Å². The Hall–Kier alpha value is -2.08. The highest BCUT2D eigenvalue weighted by molar-refractivity contribution is 7.19. The summed E-state index contributed by atoms with van der Waals surface area (Å²) in [6.45, 7) is 2.47. The maximum Gasteiger partial charge on any atom is 0.359 e. The van der Waals surface area contributed by atoms with Gasteiger partial charge in [-0.1, -0.05) is 23.5 Å². The van der Waals surface area contributed by atoms with Gasteiger partial charge in [-0.25, -0.2) is 9.78 Å². The van der Waals surface area contributed by atoms with Gasteiger partial charge in [-0.15, -0.1) is 0 Å². The molecule has 1 aromatic carbocycles. The Morgan fingerprint density at radius 3 is 2.84 bits per heavy atom. The Morgan fingerprint density at radius 2 is 2.16 bits per heavy atom. The molecule has 0 atom stereocenters. The molecule has 0 fully saturated rings. The van der Waals surface area contributed by atoms with Gasteiger partial charge in [-0.05, 0) is 19.1 Å². The third-order valence-electron chi connectivity index (χ3n) is 2.45. The lowest BCUT2D eigenvalue weighted by Gasteiger charge is -2.06. The number of hydrogen-bond acceptors (Lipinski definition) is 6. The predicted molar refractivity (Wildman–Crippen MR) is 74.5 cm³/mol. The van der Waals surface area contributed by atoms with Crippen molar-refractivity contribution in [1.29, 1.82) is 0 Å². The molecular formula is C13H14N2O3S. The minimum atomic E-state index is -0.533. The summed E-state index contributed by atoms with van der Waals surface area (Å²) in [6, 6.07) is 7.50. The van der Waals surface area contributed by atoms with Gasteiger partial charge in [0.05, 0.1) is 19.3 Å². The quantitative estimate of drug-likeness (QED) is 0.870. The Bertz CT molecular complexity index is 595. The highest BCUT2D eigenvalue weighted by atomic mass is 32.1. The zero-order valence-corrected chi connectivity index (χ0v) is 11.5. The van der Waals surface area contributed by atoms with E-state index in [1.807, 2.05) is 31.2 Å². The fraction of sp³-hybridized carbons (Fsp3) is 0.231. The summed E-state index contributed by atoms with van der Waals surface area (Å²) in [5, 5.41) is 0.982. The number of nitrogen functional groups attached to an aromatic ring is 1. The predicted octanol–water partition coefficient (Wildman–Crippen LogP) is 2.58. The zero-order chi connectivity index (χ0) is 13.8. The van der Waals surface area contributed by atoms with E-state index in [0.717, 1.165) is 11.3 Å². The Labute approximate surface area is 115 Å². The monoisotopic (exact) mass is 278 g/mol. The number of aromatic nitrogens is 1. The van der Waals surface area contributed by atoms with Crippen LogP contribution in [0.2, 0.25) is 0 Å². The second-order valence-corrected chi connectivity index (χ2v) is 4.68. The van der Waals surface area contributed by atoms with E-state index in [1.165, 1.54) is 18.4 Å². The summed E-state index contributed by atoms with van der Waals surface area (Å²) in [4.78, 5) is 15.7. The number of nitrogens with two attached hydrogens (primary N) is 1. The average molecular weight is 278 g/mol. The SMILES string of the molecule is CCOc1ccccc1-c1nc(C(=O)OC)c(N)s1. The lowest BCUT2D eigenvalue weighted by atomic mass is 10.2. The number of benzene rings is 1. The van der Waals surface area contributed by atoms with E-state index < -0.39 is 5.97 Å². The largest absolute Gasteiger partial charge is 0.493 e. The number of para-hydroxylation sites is 1. The van der Waals surface area contributed by atoms with Gasteiger partial charge in [0, 0.05) is 0 Å². The van der Waals surface area contributed by atoms with Gasteiger partial charge in [0.1, 0.15) is 15.8 Å². The van der Waals surface area contributed by atoms with Crippen LogP contribution in [0, 0.1) is 0 Å². The number of thiazole rings is 1. The third-order valence-corrected chi connectivity index (χ3v) is 3.37. The summed E-state index contributed by atoms with van der Waals surface area (Å²) in [5.74, 6) is 0.184. The molecular weight excluding hydrogens is 264 g/mol. The van der Waals surface area contributed by atoms with E-state index in [9.17, 15) is 4.79 Å². The van der Waals surface area contributed by atoms with Crippen LogP contribution in [0.4, 0.5) is 5.00 Å². The van der Waals surface area contributed by atoms with Crippen LogP contribution in [-0.2, 0) is 4.74 Å². The maximum absolute atomic E-state index is 11.5. The van der Waals surface area contributed by atoms with Crippen molar-refractivity contribution in [3.8, 4) is 16.3 Å². The first-order valence-corrected chi connectivity index (χ1v) is 6.55. The molecule has 0 spiro atoms. The Balaban J connectivity index is 2.45. The van der Waals surface area contributed by atoms with Crippen LogP contribution in [0.5, 0.6) is 5.75 Å². The standard InChI is InChI=1S/C13H14N2O3S/c1-3-18-9-7-5-4-6-8(9)12-15-10(11(14)19-12)13(16)17-2/h4-7H,3,14H2,1-2H3. The topological polar surface area (TPSA) is 74.4 Å². The fourth-order valence-corrected chi connectivity index (χ4v) is 2.46. The molecule has 1 aromatic heterocycles. The van der Waals surface area contributed by atoms with Crippen molar-refractivity contribution in [2.45, 2.75) is 6.92 Å². The smallest absolute Gasteiger partial charge is 0.359 e. The van der Waals surface area contributed by atoms with Crippen molar-refractivity contribution in [3.05, 3.63) is 30.0 Å². The number of anilines is 1. The normalized spacial score (nSPS) is 10.2. The summed E-state index contributed by atoms with van der Waals surface area (Å²) in [7, 11) is 1.30. The molecule has 2 N–H and O–H groups in total. The molecule has 5 nitrogen and oxygen atoms in total. The van der Waals surface area contributed by atoms with Gasteiger partial charge < -0.3 is 15.2 Å². The third kappa shape index (κ3) is 2.68. The van der Waals surface area contributed by atoms with Gasteiger partial charge in [0.15, 0.2) is 5.69 Å². The summed E-state index contributed by atoms with van der Waals surface area (Å²) >= 11 is 1.24. The number of methoxy groups -OCH3 is 1. The lowest BCUT2D eigenvalue weighted by molar-refractivity contribution is 0.0596.